The first-order chi connectivity index (χ1) is 40.1. The van der Waals surface area contributed by atoms with Crippen molar-refractivity contribution in [2.75, 3.05) is 26.0 Å². The predicted octanol–water partition coefficient (Wildman–Crippen LogP) is 9.18. The zero-order valence-electron chi connectivity index (χ0n) is 46.5. The summed E-state index contributed by atoms with van der Waals surface area (Å²) in [7, 11) is 3.33. The van der Waals surface area contributed by atoms with E-state index in [4.69, 9.17) is 89.5 Å². The molecular weight excluding hydrogens is 1330 g/mol. The number of nitrogens with zero attached hydrogens (tertiary/aromatic N) is 7. The van der Waals surface area contributed by atoms with Crippen molar-refractivity contribution in [1.82, 2.24) is 39.5 Å². The molecule has 0 fully saturated rings. The first-order valence-corrected chi connectivity index (χ1v) is 30.9. The third-order valence-corrected chi connectivity index (χ3v) is 16.4. The third kappa shape index (κ3) is 23.7. The van der Waals surface area contributed by atoms with Gasteiger partial charge in [0.1, 0.15) is 26.5 Å². The maximum absolute atomic E-state index is 9.92. The Morgan fingerprint density at radius 1 is 0.671 bits per heavy atom. The van der Waals surface area contributed by atoms with Gasteiger partial charge in [0.15, 0.2) is 27.4 Å². The molecule has 0 saturated heterocycles. The van der Waals surface area contributed by atoms with Crippen LogP contribution in [-0.2, 0) is 26.1 Å². The van der Waals surface area contributed by atoms with Crippen LogP contribution < -0.4 is 123 Å². The normalized spacial score (nSPS) is 9.72. The first kappa shape index (κ1) is 75.6. The number of thioether (sulfide) groups is 1. The number of nitrogens with two attached hydrogens (primary N) is 1. The van der Waals surface area contributed by atoms with Crippen LogP contribution in [0.1, 0.15) is 25.8 Å². The Kier molecular flexibility index (Phi) is 37.6. The van der Waals surface area contributed by atoms with Crippen molar-refractivity contribution in [3.05, 3.63) is 207 Å². The van der Waals surface area contributed by atoms with E-state index in [0.29, 0.717) is 21.4 Å². The molecule has 0 amide bonds. The number of thiophene rings is 2. The number of para-hydroxylation sites is 4. The van der Waals surface area contributed by atoms with Gasteiger partial charge in [0.25, 0.3) is 6.47 Å². The van der Waals surface area contributed by atoms with Gasteiger partial charge in [-0.3, -0.25) is 23.8 Å². The van der Waals surface area contributed by atoms with Crippen molar-refractivity contribution in [2.24, 2.45) is 5.73 Å². The Morgan fingerprint density at radius 2 is 1.13 bits per heavy atom. The summed E-state index contributed by atoms with van der Waals surface area (Å²) in [5.41, 5.74) is 12.3. The fraction of sp³-hybridized carbons (Fsp3) is 0.121. The number of ketones is 1. The number of halogens is 3. The van der Waals surface area contributed by atoms with Crippen molar-refractivity contribution < 1.29 is 133 Å². The molecule has 0 bridgehead atoms. The third-order valence-electron chi connectivity index (χ3n) is 10.5. The largest absolute Gasteiger partial charge is 1.00 e. The van der Waals surface area contributed by atoms with Crippen molar-refractivity contribution in [3.8, 4) is 65.4 Å². The number of aromatic amines is 1. The molecule has 11 rings (SSSR count). The average molecular weight is 1380 g/mol. The minimum absolute atomic E-state index is 0. The van der Waals surface area contributed by atoms with Gasteiger partial charge < -0.3 is 26.8 Å². The summed E-state index contributed by atoms with van der Waals surface area (Å²) in [5, 5.41) is 35.6. The number of nitrogens with one attached hydrogen (secondary N) is 1. The molecule has 85 heavy (non-hydrogen) atoms. The number of alkyl halides is 3. The Morgan fingerprint density at radius 3 is 1.55 bits per heavy atom. The molecular formula is C58H54Cl3K2N9O6S7. The zero-order valence-corrected chi connectivity index (χ0v) is 59.7. The summed E-state index contributed by atoms with van der Waals surface area (Å²) in [6, 6.07) is 53.7. The summed E-state index contributed by atoms with van der Waals surface area (Å²) < 4.78 is 15.5. The molecule has 0 unspecified atom stereocenters. The number of thiocarbonyl (C=S) groups is 1. The maximum Gasteiger partial charge on any atom is 1.00 e. The van der Waals surface area contributed by atoms with E-state index in [1.807, 2.05) is 154 Å². The van der Waals surface area contributed by atoms with E-state index in [1.54, 1.807) is 71.3 Å². The van der Waals surface area contributed by atoms with Gasteiger partial charge in [-0.2, -0.15) is 5.10 Å². The second-order valence-electron chi connectivity index (χ2n) is 15.8. The molecule has 5 aromatic carbocycles. The van der Waals surface area contributed by atoms with Gasteiger partial charge in [0.05, 0.1) is 64.4 Å². The number of methoxy groups -OCH3 is 2. The predicted molar refractivity (Wildman–Crippen MR) is 348 cm³/mol. The van der Waals surface area contributed by atoms with Crippen molar-refractivity contribution in [1.29, 1.82) is 0 Å². The fourth-order valence-corrected chi connectivity index (χ4v) is 11.7. The van der Waals surface area contributed by atoms with Crippen molar-refractivity contribution in [2.45, 2.75) is 24.2 Å². The second kappa shape index (κ2) is 42.3. The number of Topliss-reactive ketones (excluding diaryl/α,β-unsaturated/α-hetero) is 1. The van der Waals surface area contributed by atoms with E-state index in [0.717, 1.165) is 87.5 Å². The number of hydrogen-bond donors (Lipinski definition) is 2. The van der Waals surface area contributed by atoms with Crippen LogP contribution in [0, 0.1) is 4.77 Å². The molecule has 27 heteroatoms. The quantitative estimate of drug-likeness (QED) is 0.0176. The second-order valence-corrected chi connectivity index (χ2v) is 22.0. The fourth-order valence-electron chi connectivity index (χ4n) is 6.81. The molecule has 0 aliphatic carbocycles. The van der Waals surface area contributed by atoms with Gasteiger partial charge in [0.2, 0.25) is 0 Å². The first-order valence-electron chi connectivity index (χ1n) is 23.9. The van der Waals surface area contributed by atoms with Gasteiger partial charge in [-0.25, -0.2) is 9.97 Å². The van der Waals surface area contributed by atoms with Crippen LogP contribution in [0.15, 0.2) is 190 Å². The molecule has 0 radical (unpaired) electrons. The molecule has 0 spiro atoms. The summed E-state index contributed by atoms with van der Waals surface area (Å²) >= 11 is 34.0. The average Bonchev–Trinajstić information content (AvgIpc) is 2.04. The SMILES string of the molecule is C.COc1ccccc1-n1c(-c2cccs2)n[nH]c1=S.COc1ccccc1-n1c(SCc2csc(-c3ccccc3)n2)nnc1-c1cccs1.ClCc1csc(-c2ccccc2)n1.NC(=S)c1ccccc1.O=C(CCl)CCl.O=CO[O-].[H-].[K+].[K+]. The van der Waals surface area contributed by atoms with Gasteiger partial charge in [-0.15, -0.1) is 90.3 Å². The molecule has 6 aromatic heterocycles. The van der Waals surface area contributed by atoms with E-state index in [2.05, 4.69) is 70.5 Å². The van der Waals surface area contributed by atoms with E-state index in [1.165, 1.54) is 0 Å². The van der Waals surface area contributed by atoms with Gasteiger partial charge in [-0.1, -0.05) is 159 Å². The van der Waals surface area contributed by atoms with Gasteiger partial charge >= 0.3 is 103 Å². The standard InChI is InChI=1S/C23H18N4OS3.C13H11N3OS2.C10H8ClNS.C7H7NS.C3H4Cl2O.CH2O3.CH4.2K.H/c1-28-19-11-6-5-10-18(19)27-21(20-12-7-13-29-20)25-26-23(27)31-15-17-14-30-22(24-17)16-8-3-2-4-9-16;1-17-10-6-3-2-5-9(10)16-12(14-15-13(16)18)11-7-4-8-19-11;11-6-9-7-13-10(12-9)8-4-2-1-3-5-8;8-7(9)6-4-2-1-3-5-6;4-1-3(6)2-5;2-1-4-3;;;;/h2-14H,15H2,1H3;2-8H,1H3,(H,15,18);1-5,7H,6H2;1-5H,(H2,8,9);1-2H2;1,3H;1H4;;;/q;;;;;;;2*+1;-1/p-1. The Labute approximate surface area is 625 Å². The minimum Gasteiger partial charge on any atom is -1.00 e. The summed E-state index contributed by atoms with van der Waals surface area (Å²) in [6.07, 6.45) is 0. The Hall–Kier alpha value is -3.66. The van der Waals surface area contributed by atoms with Crippen LogP contribution in [0.2, 0.25) is 0 Å². The number of hydrogen-bond acceptors (Lipinski definition) is 18. The molecule has 0 aliphatic heterocycles. The van der Waals surface area contributed by atoms with Crippen LogP contribution in [-0.4, -0.2) is 82.7 Å². The summed E-state index contributed by atoms with van der Waals surface area (Å²) in [4.78, 5) is 32.9. The summed E-state index contributed by atoms with van der Waals surface area (Å²) in [6.45, 7) is -0.181. The zero-order chi connectivity index (χ0) is 58.5. The molecule has 3 N–H and O–H groups in total. The molecule has 0 atom stereocenters. The Bertz CT molecular complexity index is 3710. The Balaban J connectivity index is 0.000000394. The number of thiazole rings is 2. The number of H-pyrrole nitrogens is 1. The molecule has 0 saturated carbocycles. The summed E-state index contributed by atoms with van der Waals surface area (Å²) in [5.74, 6) is 4.28. The van der Waals surface area contributed by atoms with Crippen LogP contribution in [0.5, 0.6) is 11.5 Å². The molecule has 0 aliphatic rings. The van der Waals surface area contributed by atoms with Crippen molar-refractivity contribution in [3.63, 3.8) is 0 Å². The van der Waals surface area contributed by atoms with Crippen LogP contribution >= 0.6 is 116 Å². The van der Waals surface area contributed by atoms with Crippen LogP contribution in [0.4, 0.5) is 0 Å². The van der Waals surface area contributed by atoms with Crippen molar-refractivity contribution >= 4 is 134 Å². The number of aromatic nitrogens is 8. The number of rotatable bonds is 16. The topological polar surface area (TPSA) is 201 Å². The monoisotopic (exact) mass is 1380 g/mol. The molecule has 11 aromatic rings. The van der Waals surface area contributed by atoms with E-state index in [-0.39, 0.29) is 136 Å². The number of ether oxygens (including phenoxy) is 2. The van der Waals surface area contributed by atoms with E-state index >= 15 is 0 Å². The number of benzene rings is 5. The molecule has 432 valence electrons. The van der Waals surface area contributed by atoms with E-state index < -0.39 is 0 Å². The van der Waals surface area contributed by atoms with Gasteiger partial charge in [0, 0.05) is 33.2 Å². The van der Waals surface area contributed by atoms with Gasteiger partial charge in [-0.05, 0) is 59.4 Å². The van der Waals surface area contributed by atoms with Crippen LogP contribution in [0.25, 0.3) is 53.9 Å². The minimum atomic E-state index is -0.181. The van der Waals surface area contributed by atoms with E-state index in [9.17, 15) is 4.79 Å². The maximum atomic E-state index is 9.92. The molecule has 15 nitrogen and oxygen atoms in total. The molecule has 6 heterocycles. The number of carbonyl (C=O) groups is 2. The smallest absolute Gasteiger partial charge is 1.00 e. The number of carbonyl (C=O) groups excluding carboxylic acids is 2. The van der Waals surface area contributed by atoms with Crippen LogP contribution in [0.3, 0.4) is 0 Å².